The molecule has 1 rings (SSSR count). The van der Waals surface area contributed by atoms with Gasteiger partial charge in [0.05, 0.1) is 19.8 Å². The van der Waals surface area contributed by atoms with Crippen LogP contribution in [0.5, 0.6) is 23.0 Å². The number of hydrogen-bond acceptors (Lipinski definition) is 4. The number of rotatable bonds is 6. The van der Waals surface area contributed by atoms with Gasteiger partial charge in [0, 0.05) is 0 Å². The largest absolute Gasteiger partial charge is 0.504 e. The number of aryl methyl sites for hydroxylation is 1. The number of benzene rings is 1. The standard InChI is InChI=1S/C13H20O4/c1-5-15-10-8-9(4)11(14)13(17-7-3)12(10)16-6-2/h8,14H,5-7H2,1-4H3. The summed E-state index contributed by atoms with van der Waals surface area (Å²) in [5.74, 6) is 1.55. The Hall–Kier alpha value is -1.58. The predicted octanol–water partition coefficient (Wildman–Crippen LogP) is 2.90. The monoisotopic (exact) mass is 240 g/mol. The van der Waals surface area contributed by atoms with Crippen molar-refractivity contribution in [2.75, 3.05) is 19.8 Å². The Balaban J connectivity index is 3.29. The number of ether oxygens (including phenoxy) is 3. The molecule has 0 aliphatic carbocycles. The van der Waals surface area contributed by atoms with E-state index in [1.54, 1.807) is 13.0 Å². The van der Waals surface area contributed by atoms with Crippen LogP contribution in [0.1, 0.15) is 26.3 Å². The van der Waals surface area contributed by atoms with Crippen LogP contribution < -0.4 is 14.2 Å². The van der Waals surface area contributed by atoms with Gasteiger partial charge in [-0.05, 0) is 39.3 Å². The van der Waals surface area contributed by atoms with Crippen LogP contribution in [0.15, 0.2) is 6.07 Å². The quantitative estimate of drug-likeness (QED) is 0.830. The van der Waals surface area contributed by atoms with Gasteiger partial charge in [-0.15, -0.1) is 0 Å². The highest BCUT2D eigenvalue weighted by Gasteiger charge is 2.19. The van der Waals surface area contributed by atoms with Crippen LogP contribution in [-0.2, 0) is 0 Å². The smallest absolute Gasteiger partial charge is 0.207 e. The fourth-order valence-corrected chi connectivity index (χ4v) is 1.55. The summed E-state index contributed by atoms with van der Waals surface area (Å²) in [6.45, 7) is 8.93. The van der Waals surface area contributed by atoms with Crippen molar-refractivity contribution in [3.8, 4) is 23.0 Å². The van der Waals surface area contributed by atoms with Crippen molar-refractivity contribution in [3.63, 3.8) is 0 Å². The normalized spacial score (nSPS) is 10.1. The lowest BCUT2D eigenvalue weighted by Crippen LogP contribution is -2.03. The summed E-state index contributed by atoms with van der Waals surface area (Å²) in [7, 11) is 0. The van der Waals surface area contributed by atoms with Gasteiger partial charge in [0.1, 0.15) is 0 Å². The van der Waals surface area contributed by atoms with Crippen molar-refractivity contribution in [1.82, 2.24) is 0 Å². The van der Waals surface area contributed by atoms with Gasteiger partial charge >= 0.3 is 0 Å². The molecule has 0 bridgehead atoms. The van der Waals surface area contributed by atoms with E-state index in [0.717, 1.165) is 0 Å². The van der Waals surface area contributed by atoms with E-state index >= 15 is 0 Å². The molecular formula is C13H20O4. The Morgan fingerprint density at radius 3 is 2.00 bits per heavy atom. The molecule has 1 N–H and O–H groups in total. The van der Waals surface area contributed by atoms with E-state index in [9.17, 15) is 5.11 Å². The third kappa shape index (κ3) is 2.96. The molecule has 0 heterocycles. The zero-order valence-electron chi connectivity index (χ0n) is 10.9. The first-order valence-electron chi connectivity index (χ1n) is 5.90. The highest BCUT2D eigenvalue weighted by molar-refractivity contribution is 5.61. The average molecular weight is 240 g/mol. The molecule has 0 unspecified atom stereocenters. The lowest BCUT2D eigenvalue weighted by atomic mass is 10.1. The molecule has 0 aromatic heterocycles. The van der Waals surface area contributed by atoms with Gasteiger partial charge in [-0.3, -0.25) is 0 Å². The minimum Gasteiger partial charge on any atom is -0.504 e. The first-order chi connectivity index (χ1) is 8.15. The Morgan fingerprint density at radius 2 is 1.47 bits per heavy atom. The molecular weight excluding hydrogens is 220 g/mol. The minimum absolute atomic E-state index is 0.110. The zero-order valence-corrected chi connectivity index (χ0v) is 10.9. The van der Waals surface area contributed by atoms with Crippen LogP contribution in [0.3, 0.4) is 0 Å². The van der Waals surface area contributed by atoms with Crippen LogP contribution in [0.2, 0.25) is 0 Å². The molecule has 0 aliphatic rings. The van der Waals surface area contributed by atoms with Crippen LogP contribution in [0, 0.1) is 6.92 Å². The molecule has 1 aromatic carbocycles. The molecule has 17 heavy (non-hydrogen) atoms. The van der Waals surface area contributed by atoms with E-state index in [4.69, 9.17) is 14.2 Å². The molecule has 4 nitrogen and oxygen atoms in total. The van der Waals surface area contributed by atoms with E-state index in [-0.39, 0.29) is 5.75 Å². The fraction of sp³-hybridized carbons (Fsp3) is 0.538. The van der Waals surface area contributed by atoms with E-state index in [0.29, 0.717) is 42.6 Å². The molecule has 0 saturated carbocycles. The van der Waals surface area contributed by atoms with Crippen molar-refractivity contribution >= 4 is 0 Å². The molecule has 0 saturated heterocycles. The number of aromatic hydroxyl groups is 1. The van der Waals surface area contributed by atoms with E-state index < -0.39 is 0 Å². The van der Waals surface area contributed by atoms with E-state index in [1.165, 1.54) is 0 Å². The first kappa shape index (κ1) is 13.5. The van der Waals surface area contributed by atoms with Gasteiger partial charge in [0.15, 0.2) is 11.5 Å². The van der Waals surface area contributed by atoms with Crippen molar-refractivity contribution in [2.45, 2.75) is 27.7 Å². The maximum absolute atomic E-state index is 9.97. The predicted molar refractivity (Wildman–Crippen MR) is 66.4 cm³/mol. The van der Waals surface area contributed by atoms with Crippen molar-refractivity contribution in [2.24, 2.45) is 0 Å². The van der Waals surface area contributed by atoms with Crippen molar-refractivity contribution < 1.29 is 19.3 Å². The highest BCUT2D eigenvalue weighted by Crippen LogP contribution is 2.46. The van der Waals surface area contributed by atoms with E-state index in [1.807, 2.05) is 20.8 Å². The summed E-state index contributed by atoms with van der Waals surface area (Å²) >= 11 is 0. The lowest BCUT2D eigenvalue weighted by Gasteiger charge is -2.17. The van der Waals surface area contributed by atoms with Crippen LogP contribution >= 0.6 is 0 Å². The molecule has 1 aromatic rings. The number of phenols is 1. The second-order valence-electron chi connectivity index (χ2n) is 3.50. The molecule has 0 radical (unpaired) electrons. The summed E-state index contributed by atoms with van der Waals surface area (Å²) in [6.07, 6.45) is 0. The highest BCUT2D eigenvalue weighted by atomic mass is 16.5. The lowest BCUT2D eigenvalue weighted by molar-refractivity contribution is 0.252. The van der Waals surface area contributed by atoms with Crippen LogP contribution in [0.4, 0.5) is 0 Å². The molecule has 4 heteroatoms. The summed E-state index contributed by atoms with van der Waals surface area (Å²) < 4.78 is 16.4. The molecule has 0 spiro atoms. The molecule has 0 amide bonds. The van der Waals surface area contributed by atoms with Gasteiger partial charge < -0.3 is 19.3 Å². The Kier molecular flexibility index (Phi) is 4.94. The first-order valence-corrected chi connectivity index (χ1v) is 5.90. The summed E-state index contributed by atoms with van der Waals surface area (Å²) in [5, 5.41) is 9.97. The summed E-state index contributed by atoms with van der Waals surface area (Å²) in [5.41, 5.74) is 0.709. The third-order valence-corrected chi connectivity index (χ3v) is 2.24. The van der Waals surface area contributed by atoms with Gasteiger partial charge in [0.25, 0.3) is 0 Å². The average Bonchev–Trinajstić information content (AvgIpc) is 2.30. The molecule has 0 atom stereocenters. The Bertz CT molecular complexity index is 374. The topological polar surface area (TPSA) is 47.9 Å². The summed E-state index contributed by atoms with van der Waals surface area (Å²) in [6, 6.07) is 1.76. The van der Waals surface area contributed by atoms with Crippen molar-refractivity contribution in [3.05, 3.63) is 11.6 Å². The Labute approximate surface area is 102 Å². The minimum atomic E-state index is 0.110. The van der Waals surface area contributed by atoms with Crippen LogP contribution in [0.25, 0.3) is 0 Å². The SMILES string of the molecule is CCOc1cc(C)c(O)c(OCC)c1OCC. The summed E-state index contributed by atoms with van der Waals surface area (Å²) in [4.78, 5) is 0. The van der Waals surface area contributed by atoms with Gasteiger partial charge in [-0.1, -0.05) is 0 Å². The third-order valence-electron chi connectivity index (χ3n) is 2.24. The molecule has 0 aliphatic heterocycles. The maximum Gasteiger partial charge on any atom is 0.207 e. The van der Waals surface area contributed by atoms with Gasteiger partial charge in [-0.2, -0.15) is 0 Å². The van der Waals surface area contributed by atoms with E-state index in [2.05, 4.69) is 0 Å². The second-order valence-corrected chi connectivity index (χ2v) is 3.50. The van der Waals surface area contributed by atoms with Crippen LogP contribution in [-0.4, -0.2) is 24.9 Å². The fourth-order valence-electron chi connectivity index (χ4n) is 1.55. The maximum atomic E-state index is 9.97. The van der Waals surface area contributed by atoms with Gasteiger partial charge in [-0.25, -0.2) is 0 Å². The Morgan fingerprint density at radius 1 is 0.941 bits per heavy atom. The zero-order chi connectivity index (χ0) is 12.8. The molecule has 96 valence electrons. The second kappa shape index (κ2) is 6.23. The number of hydrogen-bond donors (Lipinski definition) is 1. The van der Waals surface area contributed by atoms with Gasteiger partial charge in [0.2, 0.25) is 11.5 Å². The molecule has 0 fully saturated rings. The number of phenolic OH excluding ortho intramolecular Hbond substituents is 1. The van der Waals surface area contributed by atoms with Crippen molar-refractivity contribution in [1.29, 1.82) is 0 Å².